The van der Waals surface area contributed by atoms with Gasteiger partial charge in [0, 0.05) is 18.7 Å². The maximum Gasteiger partial charge on any atom is 0.181 e. The van der Waals surface area contributed by atoms with Crippen molar-refractivity contribution in [1.29, 1.82) is 0 Å². The van der Waals surface area contributed by atoms with Crippen LogP contribution in [0.1, 0.15) is 31.2 Å². The summed E-state index contributed by atoms with van der Waals surface area (Å²) < 4.78 is 1.61. The first-order valence-corrected chi connectivity index (χ1v) is 7.51. The van der Waals surface area contributed by atoms with Gasteiger partial charge in [0.25, 0.3) is 0 Å². The van der Waals surface area contributed by atoms with E-state index in [4.69, 9.17) is 0 Å². The van der Waals surface area contributed by atoms with Crippen LogP contribution in [0.2, 0.25) is 0 Å². The Labute approximate surface area is 124 Å². The molecule has 2 N–H and O–H groups in total. The lowest BCUT2D eigenvalue weighted by atomic mass is 9.97. The summed E-state index contributed by atoms with van der Waals surface area (Å²) in [7, 11) is 1.80. The molecule has 1 aliphatic rings. The predicted molar refractivity (Wildman–Crippen MR) is 79.9 cm³/mol. The number of hydrogen-bond donors (Lipinski definition) is 2. The first-order chi connectivity index (χ1) is 10.2. The molecule has 1 atom stereocenters. The van der Waals surface area contributed by atoms with Gasteiger partial charge in [0.05, 0.1) is 0 Å². The van der Waals surface area contributed by atoms with Gasteiger partial charge in [0.1, 0.15) is 5.75 Å². The summed E-state index contributed by atoms with van der Waals surface area (Å²) in [4.78, 5) is 0. The van der Waals surface area contributed by atoms with Gasteiger partial charge in [-0.3, -0.25) is 0 Å². The van der Waals surface area contributed by atoms with Gasteiger partial charge >= 0.3 is 0 Å². The summed E-state index contributed by atoms with van der Waals surface area (Å²) in [6.07, 6.45) is 5.89. The molecule has 1 fully saturated rings. The van der Waals surface area contributed by atoms with Gasteiger partial charge in [0.15, 0.2) is 5.82 Å². The minimum atomic E-state index is 0.266. The Balaban J connectivity index is 1.73. The largest absolute Gasteiger partial charge is 0.508 e. The monoisotopic (exact) mass is 287 g/mol. The summed E-state index contributed by atoms with van der Waals surface area (Å²) >= 11 is 0. The second-order valence-electron chi connectivity index (χ2n) is 5.70. The van der Waals surface area contributed by atoms with Crippen molar-refractivity contribution in [1.82, 2.24) is 25.5 Å². The molecule has 1 aromatic carbocycles. The van der Waals surface area contributed by atoms with Crippen LogP contribution in [-0.2, 0) is 13.5 Å². The fraction of sp³-hybridized carbons (Fsp3) is 0.533. The van der Waals surface area contributed by atoms with E-state index < -0.39 is 0 Å². The van der Waals surface area contributed by atoms with E-state index in [2.05, 4.69) is 26.9 Å². The number of benzene rings is 1. The second-order valence-corrected chi connectivity index (χ2v) is 5.70. The molecule has 0 aliphatic carbocycles. The van der Waals surface area contributed by atoms with Crippen LogP contribution in [0, 0.1) is 0 Å². The van der Waals surface area contributed by atoms with E-state index >= 15 is 0 Å². The Morgan fingerprint density at radius 1 is 1.33 bits per heavy atom. The molecule has 1 saturated heterocycles. The normalized spacial score (nSPS) is 18.8. The lowest BCUT2D eigenvalue weighted by Crippen LogP contribution is -2.34. The second kappa shape index (κ2) is 6.22. The van der Waals surface area contributed by atoms with E-state index in [9.17, 15) is 5.11 Å². The highest BCUT2D eigenvalue weighted by atomic mass is 16.3. The van der Waals surface area contributed by atoms with Crippen LogP contribution in [0.25, 0.3) is 11.4 Å². The lowest BCUT2D eigenvalue weighted by molar-refractivity contribution is 0.382. The number of aryl methyl sites for hydroxylation is 2. The van der Waals surface area contributed by atoms with Crippen LogP contribution >= 0.6 is 0 Å². The number of hydrogen-bond acceptors (Lipinski definition) is 5. The third-order valence-electron chi connectivity index (χ3n) is 4.05. The molecule has 2 aromatic rings. The number of aromatic hydroxyl groups is 1. The molecular weight excluding hydrogens is 266 g/mol. The van der Waals surface area contributed by atoms with E-state index in [1.165, 1.54) is 19.3 Å². The molecule has 2 heterocycles. The Kier molecular flexibility index (Phi) is 4.15. The summed E-state index contributed by atoms with van der Waals surface area (Å²) in [5.41, 5.74) is 1.98. The minimum absolute atomic E-state index is 0.266. The number of tetrazole rings is 1. The number of nitrogens with one attached hydrogen (secondary N) is 1. The highest BCUT2D eigenvalue weighted by Crippen LogP contribution is 2.24. The summed E-state index contributed by atoms with van der Waals surface area (Å²) in [6, 6.07) is 6.19. The quantitative estimate of drug-likeness (QED) is 0.894. The first-order valence-electron chi connectivity index (χ1n) is 7.51. The zero-order valence-corrected chi connectivity index (χ0v) is 12.3. The molecule has 0 unspecified atom stereocenters. The third kappa shape index (κ3) is 3.39. The van der Waals surface area contributed by atoms with Crippen molar-refractivity contribution in [3.63, 3.8) is 0 Å². The van der Waals surface area contributed by atoms with Crippen molar-refractivity contribution >= 4 is 0 Å². The van der Waals surface area contributed by atoms with Crippen molar-refractivity contribution in [3.8, 4) is 17.1 Å². The molecule has 6 heteroatoms. The molecule has 21 heavy (non-hydrogen) atoms. The molecule has 1 aromatic heterocycles. The van der Waals surface area contributed by atoms with E-state index in [-0.39, 0.29) is 5.75 Å². The maximum absolute atomic E-state index is 9.93. The van der Waals surface area contributed by atoms with Crippen LogP contribution in [0.4, 0.5) is 0 Å². The molecule has 1 aliphatic heterocycles. The number of phenols is 1. The van der Waals surface area contributed by atoms with E-state index in [0.717, 1.165) is 30.5 Å². The van der Waals surface area contributed by atoms with Crippen LogP contribution < -0.4 is 5.32 Å². The number of nitrogens with zero attached hydrogens (tertiary/aromatic N) is 4. The number of rotatable bonds is 4. The molecule has 6 nitrogen and oxygen atoms in total. The van der Waals surface area contributed by atoms with Gasteiger partial charge in [-0.25, -0.2) is 4.68 Å². The Morgan fingerprint density at radius 2 is 2.24 bits per heavy atom. The third-order valence-corrected chi connectivity index (χ3v) is 4.05. The van der Waals surface area contributed by atoms with E-state index in [1.807, 2.05) is 6.07 Å². The zero-order chi connectivity index (χ0) is 14.7. The molecule has 0 saturated carbocycles. The first kappa shape index (κ1) is 14.0. The molecular formula is C15H21N5O. The number of aromatic nitrogens is 4. The fourth-order valence-electron chi connectivity index (χ4n) is 2.93. The lowest BCUT2D eigenvalue weighted by Gasteiger charge is -2.23. The zero-order valence-electron chi connectivity index (χ0n) is 12.3. The SMILES string of the molecule is Cn1nnnc1-c1cc(O)cc(CC[C@@H]2CCCCN2)c1. The van der Waals surface area contributed by atoms with Gasteiger partial charge in [-0.2, -0.15) is 0 Å². The summed E-state index contributed by atoms with van der Waals surface area (Å²) in [6.45, 7) is 1.13. The molecule has 0 spiro atoms. The average molecular weight is 287 g/mol. The van der Waals surface area contributed by atoms with Crippen LogP contribution in [-0.4, -0.2) is 37.9 Å². The average Bonchev–Trinajstić information content (AvgIpc) is 2.92. The van der Waals surface area contributed by atoms with Crippen molar-refractivity contribution in [2.24, 2.45) is 7.05 Å². The van der Waals surface area contributed by atoms with Crippen molar-refractivity contribution in [2.75, 3.05) is 6.54 Å². The molecule has 0 radical (unpaired) electrons. The summed E-state index contributed by atoms with van der Waals surface area (Å²) in [5.74, 6) is 0.935. The smallest absolute Gasteiger partial charge is 0.181 e. The number of phenolic OH excluding ortho intramolecular Hbond substituents is 1. The standard InChI is InChI=1S/C15H21N5O/c1-20-15(17-18-19-20)12-8-11(9-14(21)10-12)5-6-13-4-2-3-7-16-13/h8-10,13,16,21H,2-7H2,1H3/t13-/m0/s1. The Hall–Kier alpha value is -1.95. The van der Waals surface area contributed by atoms with Gasteiger partial charge in [0.2, 0.25) is 0 Å². The van der Waals surface area contributed by atoms with Crippen LogP contribution in [0.3, 0.4) is 0 Å². The fourth-order valence-corrected chi connectivity index (χ4v) is 2.93. The minimum Gasteiger partial charge on any atom is -0.508 e. The highest BCUT2D eigenvalue weighted by Gasteiger charge is 2.13. The van der Waals surface area contributed by atoms with Crippen molar-refractivity contribution < 1.29 is 5.11 Å². The van der Waals surface area contributed by atoms with Gasteiger partial charge in [-0.05, 0) is 66.4 Å². The van der Waals surface area contributed by atoms with Crippen molar-refractivity contribution in [2.45, 2.75) is 38.1 Å². The van der Waals surface area contributed by atoms with Gasteiger partial charge in [-0.15, -0.1) is 5.10 Å². The van der Waals surface area contributed by atoms with Gasteiger partial charge in [-0.1, -0.05) is 6.42 Å². The molecule has 0 amide bonds. The molecule has 112 valence electrons. The van der Waals surface area contributed by atoms with Gasteiger partial charge < -0.3 is 10.4 Å². The van der Waals surface area contributed by atoms with Crippen molar-refractivity contribution in [3.05, 3.63) is 23.8 Å². The van der Waals surface area contributed by atoms with Crippen LogP contribution in [0.5, 0.6) is 5.75 Å². The molecule has 0 bridgehead atoms. The predicted octanol–water partition coefficient (Wildman–Crippen LogP) is 1.66. The van der Waals surface area contributed by atoms with E-state index in [1.54, 1.807) is 17.8 Å². The molecule has 3 rings (SSSR count). The summed E-state index contributed by atoms with van der Waals surface area (Å²) in [5, 5.41) is 25.0. The Bertz CT molecular complexity index is 604. The highest BCUT2D eigenvalue weighted by molar-refractivity contribution is 5.58. The topological polar surface area (TPSA) is 75.9 Å². The number of piperidine rings is 1. The Morgan fingerprint density at radius 3 is 2.95 bits per heavy atom. The van der Waals surface area contributed by atoms with Crippen LogP contribution in [0.15, 0.2) is 18.2 Å². The van der Waals surface area contributed by atoms with E-state index in [0.29, 0.717) is 11.9 Å². The maximum atomic E-state index is 9.93.